The monoisotopic (exact) mass is 457 g/mol. The lowest BCUT2D eigenvalue weighted by atomic mass is 10.1. The Kier molecular flexibility index (Phi) is 4.97. The third-order valence-electron chi connectivity index (χ3n) is 6.38. The molecule has 3 heterocycles. The van der Waals surface area contributed by atoms with E-state index in [4.69, 9.17) is 0 Å². The van der Waals surface area contributed by atoms with Crippen molar-refractivity contribution in [3.05, 3.63) is 83.5 Å². The predicted molar refractivity (Wildman–Crippen MR) is 124 cm³/mol. The molecule has 8 nitrogen and oxygen atoms in total. The highest BCUT2D eigenvalue weighted by Gasteiger charge is 2.27. The van der Waals surface area contributed by atoms with Gasteiger partial charge in [-0.15, -0.1) is 10.2 Å². The average molecular weight is 458 g/mol. The molecular weight excluding hydrogens is 433 g/mol. The summed E-state index contributed by atoms with van der Waals surface area (Å²) in [6, 6.07) is 8.78. The molecule has 1 aromatic carbocycles. The molecule has 0 unspecified atom stereocenters. The summed E-state index contributed by atoms with van der Waals surface area (Å²) in [6.45, 7) is 1.84. The van der Waals surface area contributed by atoms with Crippen LogP contribution in [0.5, 0.6) is 0 Å². The number of aryl methyl sites for hydroxylation is 1. The van der Waals surface area contributed by atoms with Crippen LogP contribution in [0.3, 0.4) is 0 Å². The van der Waals surface area contributed by atoms with E-state index >= 15 is 0 Å². The van der Waals surface area contributed by atoms with Gasteiger partial charge in [-0.05, 0) is 62.4 Å². The first-order chi connectivity index (χ1) is 16.5. The molecule has 0 bridgehead atoms. The van der Waals surface area contributed by atoms with Crippen LogP contribution in [-0.4, -0.2) is 35.2 Å². The number of amides is 1. The quantitative estimate of drug-likeness (QED) is 0.445. The molecule has 1 N–H and O–H groups in total. The second-order valence-corrected chi connectivity index (χ2v) is 9.13. The van der Waals surface area contributed by atoms with Gasteiger partial charge in [-0.1, -0.05) is 6.07 Å². The molecule has 3 aromatic heterocycles. The molecule has 0 spiro atoms. The number of carbonyl (C=O) groups is 1. The van der Waals surface area contributed by atoms with E-state index in [0.29, 0.717) is 24.1 Å². The maximum atomic E-state index is 14.7. The standard InChI is InChI=1S/C25H24FN7O/c1-15-9-19(26)21(11-23(15)32-12-22(27-13-32)16-5-6-16)30-25(34)20-4-2-3-17(29-20)10-24-31-28-14-33(24)18-7-8-18/h2-4,9,11-14,16,18H,5-8,10H2,1H3,(H,30,34). The summed E-state index contributed by atoms with van der Waals surface area (Å²) in [7, 11) is 0. The zero-order chi connectivity index (χ0) is 23.2. The van der Waals surface area contributed by atoms with Crippen molar-refractivity contribution in [2.45, 2.75) is 51.0 Å². The number of imidazole rings is 1. The number of rotatable bonds is 7. The van der Waals surface area contributed by atoms with Gasteiger partial charge in [0.1, 0.15) is 23.7 Å². The van der Waals surface area contributed by atoms with Crippen LogP contribution in [0.25, 0.3) is 5.69 Å². The maximum Gasteiger partial charge on any atom is 0.274 e. The Labute approximate surface area is 195 Å². The van der Waals surface area contributed by atoms with Gasteiger partial charge >= 0.3 is 0 Å². The Hall–Kier alpha value is -3.88. The summed E-state index contributed by atoms with van der Waals surface area (Å²) >= 11 is 0. The van der Waals surface area contributed by atoms with Gasteiger partial charge in [0.05, 0.1) is 29.8 Å². The molecular formula is C25H24FN7O. The molecule has 2 fully saturated rings. The molecule has 0 radical (unpaired) electrons. The van der Waals surface area contributed by atoms with Crippen molar-refractivity contribution in [3.63, 3.8) is 0 Å². The van der Waals surface area contributed by atoms with E-state index in [2.05, 4.69) is 30.0 Å². The fourth-order valence-corrected chi connectivity index (χ4v) is 4.20. The van der Waals surface area contributed by atoms with E-state index < -0.39 is 11.7 Å². The second kappa shape index (κ2) is 8.16. The molecule has 6 rings (SSSR count). The van der Waals surface area contributed by atoms with Gasteiger partial charge in [0, 0.05) is 23.9 Å². The van der Waals surface area contributed by atoms with Crippen molar-refractivity contribution in [1.29, 1.82) is 0 Å². The highest BCUT2D eigenvalue weighted by Crippen LogP contribution is 2.39. The van der Waals surface area contributed by atoms with Crippen molar-refractivity contribution < 1.29 is 9.18 Å². The Balaban J connectivity index is 1.22. The SMILES string of the molecule is Cc1cc(F)c(NC(=O)c2cccc(Cc3nncn3C3CC3)n2)cc1-n1cnc(C2CC2)c1. The fourth-order valence-electron chi connectivity index (χ4n) is 4.20. The maximum absolute atomic E-state index is 14.7. The van der Waals surface area contributed by atoms with E-state index in [9.17, 15) is 9.18 Å². The van der Waals surface area contributed by atoms with Crippen LogP contribution >= 0.6 is 0 Å². The molecule has 0 aliphatic heterocycles. The van der Waals surface area contributed by atoms with E-state index in [1.165, 1.54) is 6.07 Å². The topological polar surface area (TPSA) is 90.5 Å². The van der Waals surface area contributed by atoms with E-state index in [1.807, 2.05) is 23.8 Å². The minimum absolute atomic E-state index is 0.105. The summed E-state index contributed by atoms with van der Waals surface area (Å²) < 4.78 is 18.7. The van der Waals surface area contributed by atoms with Crippen molar-refractivity contribution in [2.24, 2.45) is 0 Å². The third-order valence-corrected chi connectivity index (χ3v) is 6.38. The highest BCUT2D eigenvalue weighted by molar-refractivity contribution is 6.03. The number of nitrogens with one attached hydrogen (secondary N) is 1. The summed E-state index contributed by atoms with van der Waals surface area (Å²) in [5.41, 5.74) is 3.61. The number of anilines is 1. The molecule has 172 valence electrons. The van der Waals surface area contributed by atoms with Gasteiger partial charge in [-0.3, -0.25) is 4.79 Å². The van der Waals surface area contributed by atoms with Crippen LogP contribution in [0.15, 0.2) is 49.2 Å². The zero-order valence-corrected chi connectivity index (χ0v) is 18.8. The molecule has 0 atom stereocenters. The molecule has 2 aliphatic carbocycles. The number of halogens is 1. The average Bonchev–Trinajstić information content (AvgIpc) is 3.76. The van der Waals surface area contributed by atoms with Gasteiger partial charge < -0.3 is 14.5 Å². The summed E-state index contributed by atoms with van der Waals surface area (Å²) in [5.74, 6) is 0.389. The molecule has 1 amide bonds. The first kappa shape index (κ1) is 20.7. The fraction of sp³-hybridized carbons (Fsp3) is 0.320. The van der Waals surface area contributed by atoms with Crippen LogP contribution in [0.1, 0.15) is 70.9 Å². The van der Waals surface area contributed by atoms with E-state index in [0.717, 1.165) is 48.5 Å². The van der Waals surface area contributed by atoms with Gasteiger partial charge in [-0.25, -0.2) is 14.4 Å². The Morgan fingerprint density at radius 2 is 2.03 bits per heavy atom. The number of hydrogen-bond donors (Lipinski definition) is 1. The third kappa shape index (κ3) is 4.09. The van der Waals surface area contributed by atoms with Gasteiger partial charge in [0.2, 0.25) is 0 Å². The number of hydrogen-bond acceptors (Lipinski definition) is 5. The Bertz CT molecular complexity index is 1380. The summed E-state index contributed by atoms with van der Waals surface area (Å²) in [5, 5.41) is 10.9. The van der Waals surface area contributed by atoms with Gasteiger partial charge in [0.25, 0.3) is 5.91 Å². The molecule has 34 heavy (non-hydrogen) atoms. The minimum Gasteiger partial charge on any atom is -0.318 e. The lowest BCUT2D eigenvalue weighted by Crippen LogP contribution is -2.16. The van der Waals surface area contributed by atoms with Crippen LogP contribution in [-0.2, 0) is 6.42 Å². The summed E-state index contributed by atoms with van der Waals surface area (Å²) in [4.78, 5) is 21.9. The number of pyridine rings is 1. The lowest BCUT2D eigenvalue weighted by Gasteiger charge is -2.12. The largest absolute Gasteiger partial charge is 0.318 e. The number of carbonyl (C=O) groups excluding carboxylic acids is 1. The van der Waals surface area contributed by atoms with Crippen LogP contribution in [0.2, 0.25) is 0 Å². The van der Waals surface area contributed by atoms with E-state index in [-0.39, 0.29) is 11.4 Å². The molecule has 9 heteroatoms. The number of benzene rings is 1. The van der Waals surface area contributed by atoms with Crippen molar-refractivity contribution in [2.75, 3.05) is 5.32 Å². The Morgan fingerprint density at radius 3 is 2.82 bits per heavy atom. The highest BCUT2D eigenvalue weighted by atomic mass is 19.1. The first-order valence-electron chi connectivity index (χ1n) is 11.6. The number of aromatic nitrogens is 6. The summed E-state index contributed by atoms with van der Waals surface area (Å²) in [6.07, 6.45) is 10.5. The minimum atomic E-state index is -0.495. The van der Waals surface area contributed by atoms with Crippen molar-refractivity contribution in [3.8, 4) is 5.69 Å². The van der Waals surface area contributed by atoms with Gasteiger partial charge in [0.15, 0.2) is 0 Å². The predicted octanol–water partition coefficient (Wildman–Crippen LogP) is 4.36. The van der Waals surface area contributed by atoms with Crippen molar-refractivity contribution >= 4 is 11.6 Å². The second-order valence-electron chi connectivity index (χ2n) is 9.13. The molecule has 2 saturated carbocycles. The number of nitrogens with zero attached hydrogens (tertiary/aromatic N) is 6. The van der Waals surface area contributed by atoms with Gasteiger partial charge in [-0.2, -0.15) is 0 Å². The van der Waals surface area contributed by atoms with Crippen LogP contribution in [0.4, 0.5) is 10.1 Å². The van der Waals surface area contributed by atoms with E-state index in [1.54, 1.807) is 30.9 Å². The molecule has 0 saturated heterocycles. The first-order valence-corrected chi connectivity index (χ1v) is 11.6. The zero-order valence-electron chi connectivity index (χ0n) is 18.8. The normalized spacial score (nSPS) is 15.5. The van der Waals surface area contributed by atoms with Crippen molar-refractivity contribution in [1.82, 2.24) is 29.3 Å². The Morgan fingerprint density at radius 1 is 1.18 bits per heavy atom. The van der Waals surface area contributed by atoms with Crippen LogP contribution < -0.4 is 5.32 Å². The lowest BCUT2D eigenvalue weighted by molar-refractivity contribution is 0.102. The van der Waals surface area contributed by atoms with Crippen LogP contribution in [0, 0.1) is 12.7 Å². The molecule has 2 aliphatic rings. The smallest absolute Gasteiger partial charge is 0.274 e. The molecule has 4 aromatic rings.